The number of phenols is 2. The summed E-state index contributed by atoms with van der Waals surface area (Å²) in [7, 11) is 0. The summed E-state index contributed by atoms with van der Waals surface area (Å²) in [4.78, 5) is 0. The third-order valence-electron chi connectivity index (χ3n) is 3.11. The fraction of sp³-hybridized carbons (Fsp3) is 0.250. The average molecular weight is 258 g/mol. The quantitative estimate of drug-likeness (QED) is 0.570. The maximum atomic E-state index is 9.53. The largest absolute Gasteiger partial charge is 0.504 e. The summed E-state index contributed by atoms with van der Waals surface area (Å²) < 4.78 is 0. The van der Waals surface area contributed by atoms with Crippen LogP contribution in [0.4, 0.5) is 0 Å². The maximum absolute atomic E-state index is 9.53. The highest BCUT2D eigenvalue weighted by atomic mass is 16.3. The van der Waals surface area contributed by atoms with E-state index in [1.54, 1.807) is 12.1 Å². The maximum Gasteiger partial charge on any atom is 0.158 e. The number of unbranched alkanes of at least 4 members (excludes halogenated alkanes) is 1. The Balaban J connectivity index is 2.19. The normalized spacial score (nSPS) is 10.6. The summed E-state index contributed by atoms with van der Waals surface area (Å²) in [6.07, 6.45) is 2.70. The highest BCUT2D eigenvalue weighted by Crippen LogP contribution is 2.30. The van der Waals surface area contributed by atoms with E-state index in [-0.39, 0.29) is 18.1 Å². The van der Waals surface area contributed by atoms with Gasteiger partial charge < -0.3 is 15.3 Å². The van der Waals surface area contributed by atoms with Crippen molar-refractivity contribution in [3.63, 3.8) is 0 Å². The molecular formula is C16H18O3. The molecular weight excluding hydrogens is 240 g/mol. The van der Waals surface area contributed by atoms with Crippen LogP contribution in [0.15, 0.2) is 42.5 Å². The Morgan fingerprint density at radius 3 is 2.32 bits per heavy atom. The molecule has 0 aliphatic rings. The minimum atomic E-state index is -0.108. The molecule has 0 amide bonds. The minimum absolute atomic E-state index is 0.108. The molecule has 2 aromatic rings. The molecule has 2 rings (SSSR count). The summed E-state index contributed by atoms with van der Waals surface area (Å²) in [6.45, 7) is 0.228. The Morgan fingerprint density at radius 1 is 0.789 bits per heavy atom. The lowest BCUT2D eigenvalue weighted by atomic mass is 10.00. The summed E-state index contributed by atoms with van der Waals surface area (Å²) in [5.41, 5.74) is 3.09. The Hall–Kier alpha value is -2.00. The van der Waals surface area contributed by atoms with Crippen LogP contribution in [0, 0.1) is 0 Å². The van der Waals surface area contributed by atoms with E-state index >= 15 is 0 Å². The van der Waals surface area contributed by atoms with Crippen LogP contribution in [0.5, 0.6) is 11.5 Å². The van der Waals surface area contributed by atoms with Crippen LogP contribution < -0.4 is 0 Å². The number of aryl methyl sites for hydroxylation is 1. The number of aliphatic hydroxyl groups is 1. The third kappa shape index (κ3) is 3.48. The van der Waals surface area contributed by atoms with Gasteiger partial charge in [-0.1, -0.05) is 30.3 Å². The van der Waals surface area contributed by atoms with E-state index in [4.69, 9.17) is 5.11 Å². The highest BCUT2D eigenvalue weighted by Gasteiger charge is 2.04. The molecule has 0 saturated heterocycles. The molecule has 3 N–H and O–H groups in total. The molecule has 3 nitrogen and oxygen atoms in total. The Morgan fingerprint density at radius 2 is 1.58 bits per heavy atom. The van der Waals surface area contributed by atoms with Gasteiger partial charge in [-0.2, -0.15) is 0 Å². The molecule has 2 aromatic carbocycles. The summed E-state index contributed by atoms with van der Waals surface area (Å²) in [5, 5.41) is 27.6. The van der Waals surface area contributed by atoms with Crippen molar-refractivity contribution in [1.29, 1.82) is 0 Å². The van der Waals surface area contributed by atoms with Gasteiger partial charge >= 0.3 is 0 Å². The van der Waals surface area contributed by atoms with Crippen molar-refractivity contribution in [2.75, 3.05) is 6.61 Å². The van der Waals surface area contributed by atoms with Gasteiger partial charge in [-0.05, 0) is 48.1 Å². The van der Waals surface area contributed by atoms with Gasteiger partial charge in [0.15, 0.2) is 11.5 Å². The lowest BCUT2D eigenvalue weighted by Crippen LogP contribution is -1.89. The molecule has 3 heteroatoms. The van der Waals surface area contributed by atoms with Gasteiger partial charge in [0.25, 0.3) is 0 Å². The van der Waals surface area contributed by atoms with E-state index in [1.165, 1.54) is 11.6 Å². The molecule has 0 aliphatic heterocycles. The molecule has 0 radical (unpaired) electrons. The second-order valence-electron chi connectivity index (χ2n) is 4.58. The molecule has 0 spiro atoms. The Labute approximate surface area is 112 Å². The van der Waals surface area contributed by atoms with Crippen molar-refractivity contribution in [2.24, 2.45) is 0 Å². The molecule has 0 fully saturated rings. The Kier molecular flexibility index (Phi) is 4.42. The second kappa shape index (κ2) is 6.25. The zero-order chi connectivity index (χ0) is 13.7. The molecule has 0 saturated carbocycles. The number of aliphatic hydroxyl groups excluding tert-OH is 1. The van der Waals surface area contributed by atoms with Crippen molar-refractivity contribution >= 4 is 0 Å². The number of aromatic hydroxyl groups is 2. The van der Waals surface area contributed by atoms with Crippen LogP contribution >= 0.6 is 0 Å². The zero-order valence-electron chi connectivity index (χ0n) is 10.7. The monoisotopic (exact) mass is 258 g/mol. The van der Waals surface area contributed by atoms with Crippen molar-refractivity contribution in [3.05, 3.63) is 48.0 Å². The Bertz CT molecular complexity index is 549. The lowest BCUT2D eigenvalue weighted by molar-refractivity contribution is 0.284. The van der Waals surface area contributed by atoms with Crippen LogP contribution in [0.3, 0.4) is 0 Å². The van der Waals surface area contributed by atoms with Crippen molar-refractivity contribution in [1.82, 2.24) is 0 Å². The summed E-state index contributed by atoms with van der Waals surface area (Å²) >= 11 is 0. The van der Waals surface area contributed by atoms with Gasteiger partial charge in [0.1, 0.15) is 0 Å². The lowest BCUT2D eigenvalue weighted by Gasteiger charge is -2.07. The number of hydrogen-bond donors (Lipinski definition) is 3. The molecule has 0 atom stereocenters. The van der Waals surface area contributed by atoms with E-state index in [0.717, 1.165) is 30.4 Å². The second-order valence-corrected chi connectivity index (χ2v) is 4.58. The van der Waals surface area contributed by atoms with E-state index in [1.807, 2.05) is 12.1 Å². The predicted molar refractivity (Wildman–Crippen MR) is 75.2 cm³/mol. The van der Waals surface area contributed by atoms with Crippen molar-refractivity contribution in [3.8, 4) is 22.6 Å². The van der Waals surface area contributed by atoms with E-state index in [2.05, 4.69) is 12.1 Å². The van der Waals surface area contributed by atoms with Gasteiger partial charge in [-0.25, -0.2) is 0 Å². The smallest absolute Gasteiger partial charge is 0.158 e. The first-order valence-corrected chi connectivity index (χ1v) is 6.43. The number of benzene rings is 2. The minimum Gasteiger partial charge on any atom is -0.504 e. The highest BCUT2D eigenvalue weighted by molar-refractivity contribution is 5.67. The molecule has 0 bridgehead atoms. The first kappa shape index (κ1) is 13.4. The molecule has 0 unspecified atom stereocenters. The SMILES string of the molecule is OCCCCc1cccc(-c2ccc(O)c(O)c2)c1. The fourth-order valence-electron chi connectivity index (χ4n) is 2.05. The van der Waals surface area contributed by atoms with Crippen LogP contribution in [-0.2, 0) is 6.42 Å². The van der Waals surface area contributed by atoms with Crippen molar-refractivity contribution in [2.45, 2.75) is 19.3 Å². The topological polar surface area (TPSA) is 60.7 Å². The number of rotatable bonds is 5. The molecule has 100 valence electrons. The van der Waals surface area contributed by atoms with Crippen LogP contribution in [0.2, 0.25) is 0 Å². The number of hydrogen-bond acceptors (Lipinski definition) is 3. The fourth-order valence-corrected chi connectivity index (χ4v) is 2.05. The predicted octanol–water partition coefficient (Wildman–Crippen LogP) is 3.08. The summed E-state index contributed by atoms with van der Waals surface area (Å²) in [6, 6.07) is 12.9. The van der Waals surface area contributed by atoms with Crippen molar-refractivity contribution < 1.29 is 15.3 Å². The molecule has 0 aromatic heterocycles. The average Bonchev–Trinajstić information content (AvgIpc) is 2.43. The summed E-state index contributed by atoms with van der Waals surface area (Å²) in [5.74, 6) is -0.217. The van der Waals surface area contributed by atoms with Gasteiger partial charge in [-0.3, -0.25) is 0 Å². The zero-order valence-corrected chi connectivity index (χ0v) is 10.7. The van der Waals surface area contributed by atoms with E-state index in [9.17, 15) is 10.2 Å². The first-order chi connectivity index (χ1) is 9.20. The number of phenolic OH excluding ortho intramolecular Hbond substituents is 2. The van der Waals surface area contributed by atoms with E-state index < -0.39 is 0 Å². The van der Waals surface area contributed by atoms with Gasteiger partial charge in [0.2, 0.25) is 0 Å². The molecule has 0 aliphatic carbocycles. The van der Waals surface area contributed by atoms with Crippen LogP contribution in [-0.4, -0.2) is 21.9 Å². The first-order valence-electron chi connectivity index (χ1n) is 6.43. The van der Waals surface area contributed by atoms with Crippen LogP contribution in [0.1, 0.15) is 18.4 Å². The van der Waals surface area contributed by atoms with Crippen LogP contribution in [0.25, 0.3) is 11.1 Å². The van der Waals surface area contributed by atoms with Gasteiger partial charge in [0, 0.05) is 6.61 Å². The molecule has 19 heavy (non-hydrogen) atoms. The third-order valence-corrected chi connectivity index (χ3v) is 3.11. The van der Waals surface area contributed by atoms with Gasteiger partial charge in [0.05, 0.1) is 0 Å². The standard InChI is InChI=1S/C16H18O3/c17-9-2-1-4-12-5-3-6-13(10-12)14-7-8-15(18)16(19)11-14/h3,5-8,10-11,17-19H,1-2,4,9H2. The van der Waals surface area contributed by atoms with Gasteiger partial charge in [-0.15, -0.1) is 0 Å². The molecule has 0 heterocycles. The van der Waals surface area contributed by atoms with E-state index in [0.29, 0.717) is 0 Å².